The Bertz CT molecular complexity index is 509. The third-order valence-corrected chi connectivity index (χ3v) is 5.51. The predicted molar refractivity (Wildman–Crippen MR) is 82.8 cm³/mol. The first-order valence-electron chi connectivity index (χ1n) is 7.80. The van der Waals surface area contributed by atoms with E-state index in [-0.39, 0.29) is 11.8 Å². The highest BCUT2D eigenvalue weighted by atomic mass is 32.2. The Balaban J connectivity index is 1.58. The molecule has 0 saturated carbocycles. The third kappa shape index (κ3) is 3.90. The number of ether oxygens (including phenoxy) is 1. The first-order valence-corrected chi connectivity index (χ1v) is 8.79. The van der Waals surface area contributed by atoms with Crippen molar-refractivity contribution in [3.63, 3.8) is 0 Å². The second-order valence-electron chi connectivity index (χ2n) is 6.14. The van der Waals surface area contributed by atoms with Gasteiger partial charge in [-0.1, -0.05) is 11.8 Å². The molecule has 0 aromatic carbocycles. The summed E-state index contributed by atoms with van der Waals surface area (Å²) < 4.78 is 7.37. The van der Waals surface area contributed by atoms with Gasteiger partial charge >= 0.3 is 5.69 Å². The first kappa shape index (κ1) is 15.1. The molecule has 0 radical (unpaired) electrons. The molecule has 0 spiro atoms. The standard InChI is InChI=1S/C14H24N4O2S/c1-17-6-2-4-11(8-17)10-21-14-16-15-13(19)18(14)9-12-5-3-7-20-12/h11-12H,2-10H2,1H3,(H,15,19)/t11-,12+/m1/s1. The van der Waals surface area contributed by atoms with Crippen LogP contribution < -0.4 is 5.69 Å². The summed E-state index contributed by atoms with van der Waals surface area (Å²) >= 11 is 1.70. The summed E-state index contributed by atoms with van der Waals surface area (Å²) in [5.74, 6) is 1.72. The van der Waals surface area contributed by atoms with Crippen molar-refractivity contribution in [3.8, 4) is 0 Å². The molecule has 2 saturated heterocycles. The number of H-pyrrole nitrogens is 1. The van der Waals surface area contributed by atoms with E-state index < -0.39 is 0 Å². The molecule has 7 heteroatoms. The Morgan fingerprint density at radius 2 is 2.33 bits per heavy atom. The summed E-state index contributed by atoms with van der Waals surface area (Å²) in [5.41, 5.74) is -0.117. The molecule has 1 aromatic rings. The molecule has 2 atom stereocenters. The number of likely N-dealkylation sites (tertiary alicyclic amines) is 1. The smallest absolute Gasteiger partial charge is 0.344 e. The molecule has 2 aliphatic rings. The van der Waals surface area contributed by atoms with Crippen molar-refractivity contribution in [1.82, 2.24) is 19.7 Å². The number of hydrogen-bond donors (Lipinski definition) is 1. The average molecular weight is 312 g/mol. The molecule has 2 aliphatic heterocycles. The number of piperidine rings is 1. The fraction of sp³-hybridized carbons (Fsp3) is 0.857. The van der Waals surface area contributed by atoms with Gasteiger partial charge in [-0.2, -0.15) is 0 Å². The van der Waals surface area contributed by atoms with Crippen LogP contribution >= 0.6 is 11.8 Å². The van der Waals surface area contributed by atoms with Gasteiger partial charge < -0.3 is 9.64 Å². The van der Waals surface area contributed by atoms with Crippen LogP contribution in [-0.4, -0.2) is 58.3 Å². The number of thioether (sulfide) groups is 1. The van der Waals surface area contributed by atoms with E-state index in [4.69, 9.17) is 4.74 Å². The zero-order chi connectivity index (χ0) is 14.7. The van der Waals surface area contributed by atoms with Gasteiger partial charge in [-0.15, -0.1) is 5.10 Å². The molecule has 0 unspecified atom stereocenters. The van der Waals surface area contributed by atoms with E-state index in [0.29, 0.717) is 12.5 Å². The van der Waals surface area contributed by atoms with E-state index in [0.717, 1.165) is 36.9 Å². The number of aromatic amines is 1. The van der Waals surface area contributed by atoms with Gasteiger partial charge in [0, 0.05) is 18.9 Å². The zero-order valence-electron chi connectivity index (χ0n) is 12.6. The molecule has 3 heterocycles. The van der Waals surface area contributed by atoms with E-state index in [2.05, 4.69) is 22.1 Å². The molecule has 0 bridgehead atoms. The van der Waals surface area contributed by atoms with Crippen molar-refractivity contribution in [1.29, 1.82) is 0 Å². The molecule has 3 rings (SSSR count). The fourth-order valence-electron chi connectivity index (χ4n) is 3.17. The Labute approximate surface area is 129 Å². The minimum Gasteiger partial charge on any atom is -0.376 e. The second-order valence-corrected chi connectivity index (χ2v) is 7.13. The van der Waals surface area contributed by atoms with Crippen LogP contribution in [0.3, 0.4) is 0 Å². The van der Waals surface area contributed by atoms with Gasteiger partial charge in [0.25, 0.3) is 0 Å². The van der Waals surface area contributed by atoms with E-state index >= 15 is 0 Å². The lowest BCUT2D eigenvalue weighted by atomic mass is 10.0. The normalized spacial score (nSPS) is 27.3. The van der Waals surface area contributed by atoms with Crippen molar-refractivity contribution >= 4 is 11.8 Å². The molecule has 21 heavy (non-hydrogen) atoms. The highest BCUT2D eigenvalue weighted by Crippen LogP contribution is 2.24. The topological polar surface area (TPSA) is 63.2 Å². The minimum absolute atomic E-state index is 0.117. The number of hydrogen-bond acceptors (Lipinski definition) is 5. The monoisotopic (exact) mass is 312 g/mol. The van der Waals surface area contributed by atoms with Crippen LogP contribution in [0.4, 0.5) is 0 Å². The maximum atomic E-state index is 11.9. The van der Waals surface area contributed by atoms with E-state index in [9.17, 15) is 4.79 Å². The Hall–Kier alpha value is -0.790. The highest BCUT2D eigenvalue weighted by Gasteiger charge is 2.22. The minimum atomic E-state index is -0.117. The second kappa shape index (κ2) is 6.98. The molecule has 2 fully saturated rings. The molecule has 1 aromatic heterocycles. The maximum absolute atomic E-state index is 11.9. The van der Waals surface area contributed by atoms with Crippen molar-refractivity contribution < 1.29 is 4.74 Å². The zero-order valence-corrected chi connectivity index (χ0v) is 13.4. The fourth-order valence-corrected chi connectivity index (χ4v) is 4.25. The number of nitrogens with zero attached hydrogens (tertiary/aromatic N) is 3. The van der Waals surface area contributed by atoms with Gasteiger partial charge in [0.05, 0.1) is 12.6 Å². The lowest BCUT2D eigenvalue weighted by Gasteiger charge is -2.29. The summed E-state index contributed by atoms with van der Waals surface area (Å²) in [4.78, 5) is 14.3. The predicted octanol–water partition coefficient (Wildman–Crippen LogP) is 1.18. The number of rotatable bonds is 5. The highest BCUT2D eigenvalue weighted by molar-refractivity contribution is 7.99. The van der Waals surface area contributed by atoms with Crippen molar-refractivity contribution in [2.45, 2.75) is 43.5 Å². The molecular weight excluding hydrogens is 288 g/mol. The van der Waals surface area contributed by atoms with Crippen molar-refractivity contribution in [3.05, 3.63) is 10.5 Å². The molecule has 1 N–H and O–H groups in total. The van der Waals surface area contributed by atoms with Gasteiger partial charge in [0.2, 0.25) is 0 Å². The summed E-state index contributed by atoms with van der Waals surface area (Å²) in [5, 5.41) is 7.57. The van der Waals surface area contributed by atoms with Crippen LogP contribution in [-0.2, 0) is 11.3 Å². The van der Waals surface area contributed by atoms with Crippen LogP contribution in [0.25, 0.3) is 0 Å². The van der Waals surface area contributed by atoms with Crippen LogP contribution in [0.2, 0.25) is 0 Å². The van der Waals surface area contributed by atoms with Gasteiger partial charge in [-0.05, 0) is 45.2 Å². The van der Waals surface area contributed by atoms with Crippen molar-refractivity contribution in [2.24, 2.45) is 5.92 Å². The summed E-state index contributed by atoms with van der Waals surface area (Å²) in [7, 11) is 2.18. The van der Waals surface area contributed by atoms with Crippen LogP contribution in [0, 0.1) is 5.92 Å². The molecule has 118 valence electrons. The summed E-state index contributed by atoms with van der Waals surface area (Å²) in [6, 6.07) is 0. The molecular formula is C14H24N4O2S. The summed E-state index contributed by atoms with van der Waals surface area (Å²) in [6.45, 7) is 3.79. The largest absolute Gasteiger partial charge is 0.376 e. The van der Waals surface area contributed by atoms with Gasteiger partial charge in [0.1, 0.15) is 0 Å². The van der Waals surface area contributed by atoms with Gasteiger partial charge in [-0.3, -0.25) is 4.57 Å². The van der Waals surface area contributed by atoms with E-state index in [1.807, 2.05) is 0 Å². The van der Waals surface area contributed by atoms with Gasteiger partial charge in [0.15, 0.2) is 5.16 Å². The van der Waals surface area contributed by atoms with Crippen LogP contribution in [0.15, 0.2) is 9.95 Å². The number of aromatic nitrogens is 3. The summed E-state index contributed by atoms with van der Waals surface area (Å²) in [6.07, 6.45) is 4.84. The van der Waals surface area contributed by atoms with Crippen LogP contribution in [0.5, 0.6) is 0 Å². The average Bonchev–Trinajstić information content (AvgIpc) is 3.09. The Morgan fingerprint density at radius 1 is 1.43 bits per heavy atom. The molecule has 0 aliphatic carbocycles. The maximum Gasteiger partial charge on any atom is 0.344 e. The van der Waals surface area contributed by atoms with Crippen LogP contribution in [0.1, 0.15) is 25.7 Å². The third-order valence-electron chi connectivity index (χ3n) is 4.30. The number of nitrogens with one attached hydrogen (secondary N) is 1. The van der Waals surface area contributed by atoms with Gasteiger partial charge in [-0.25, -0.2) is 9.89 Å². The molecule has 0 amide bonds. The molecule has 6 nitrogen and oxygen atoms in total. The quantitative estimate of drug-likeness (QED) is 0.827. The lowest BCUT2D eigenvalue weighted by molar-refractivity contribution is 0.0941. The van der Waals surface area contributed by atoms with E-state index in [1.165, 1.54) is 19.4 Å². The Kier molecular flexibility index (Phi) is 5.03. The SMILES string of the molecule is CN1CCC[C@@H](CSc2n[nH]c(=O)n2C[C@@H]2CCCO2)C1. The van der Waals surface area contributed by atoms with Crippen molar-refractivity contribution in [2.75, 3.05) is 32.5 Å². The Morgan fingerprint density at radius 3 is 3.10 bits per heavy atom. The lowest BCUT2D eigenvalue weighted by Crippen LogP contribution is -2.33. The first-order chi connectivity index (χ1) is 10.2. The van der Waals surface area contributed by atoms with E-state index in [1.54, 1.807) is 16.3 Å².